The van der Waals surface area contributed by atoms with E-state index in [-0.39, 0.29) is 11.5 Å². The predicted molar refractivity (Wildman–Crippen MR) is 352 cm³/mol. The van der Waals surface area contributed by atoms with E-state index in [0.717, 1.165) is 46.6 Å². The van der Waals surface area contributed by atoms with Gasteiger partial charge in [0.15, 0.2) is 40.6 Å². The van der Waals surface area contributed by atoms with Crippen molar-refractivity contribution < 1.29 is 58.2 Å². The number of aromatic nitrogens is 12. The Balaban J connectivity index is 0.000000200. The number of pyridine rings is 3. The van der Waals surface area contributed by atoms with Crippen molar-refractivity contribution in [1.29, 1.82) is 0 Å². The average Bonchev–Trinajstić information content (AvgIpc) is 1.63. The number of amides is 3. The summed E-state index contributed by atoms with van der Waals surface area (Å²) in [5, 5.41) is 31.9. The molecule has 34 heteroatoms. The van der Waals surface area contributed by atoms with E-state index < -0.39 is 73.3 Å². The fourth-order valence-electron chi connectivity index (χ4n) is 9.00. The highest BCUT2D eigenvalue weighted by molar-refractivity contribution is 7.92. The number of ether oxygens (including phenoxy) is 3. The van der Waals surface area contributed by atoms with Crippen LogP contribution in [0.4, 0.5) is 53.3 Å². The molecule has 0 spiro atoms. The lowest BCUT2D eigenvalue weighted by Gasteiger charge is -2.16. The Labute approximate surface area is 542 Å². The highest BCUT2D eigenvalue weighted by Gasteiger charge is 2.25. The number of anilines is 6. The molecule has 94 heavy (non-hydrogen) atoms. The van der Waals surface area contributed by atoms with E-state index in [4.69, 9.17) is 14.2 Å². The molecule has 0 bridgehead atoms. The second-order valence-electron chi connectivity index (χ2n) is 21.5. The number of carbonyl (C=O) groups is 3. The summed E-state index contributed by atoms with van der Waals surface area (Å²) in [7, 11) is -5.51. The average molecular weight is 1350 g/mol. The van der Waals surface area contributed by atoms with Crippen LogP contribution >= 0.6 is 0 Å². The van der Waals surface area contributed by atoms with E-state index in [1.165, 1.54) is 26.2 Å². The number of carbonyl (C=O) groups excluding carboxylic acids is 3. The van der Waals surface area contributed by atoms with Gasteiger partial charge in [-0.25, -0.2) is 73.0 Å². The lowest BCUT2D eigenvalue weighted by molar-refractivity contribution is 0.0928. The Bertz CT molecular complexity index is 4600. The standard InChI is InChI=1S/C20H23FN6O4S.2C20H24N6O4S/c1-12-6-5-7-14(10-12)17(11-21)31-20(28)23-19-18(24-26-27(19)3)16-9-8-15(13(2)22-16)25-32(4,29)30;1-12-7-6-8-15(11-12)14(3)30-20(27)22-19-18(23-25-26(19)4)17-10-9-16(13(2)21-17)24-31(5,28)29;1-12-8-6-7-9-15(12)14(3)30-20(27)22-19-18(23-25-26(19)4)17-11-10-16(13(2)21-17)24-31(5,28)29/h5-10,17,25H,11H2,1-4H3,(H,23,28);2*6-11,14,24H,1-5H3,(H,22,27)/t17-;2*14-/m111/s1. The van der Waals surface area contributed by atoms with Crippen LogP contribution < -0.4 is 30.1 Å². The van der Waals surface area contributed by atoms with E-state index in [2.05, 4.69) is 76.0 Å². The number of alkyl halides is 1. The lowest BCUT2D eigenvalue weighted by Crippen LogP contribution is -2.20. The molecule has 6 aromatic heterocycles. The van der Waals surface area contributed by atoms with E-state index in [1.807, 2.05) is 75.4 Å². The molecular weight excluding hydrogens is 1280 g/mol. The molecule has 0 saturated heterocycles. The van der Waals surface area contributed by atoms with Gasteiger partial charge in [-0.1, -0.05) is 99.6 Å². The summed E-state index contributed by atoms with van der Waals surface area (Å²) in [5.41, 5.74) is 9.78. The van der Waals surface area contributed by atoms with Gasteiger partial charge >= 0.3 is 18.3 Å². The van der Waals surface area contributed by atoms with Gasteiger partial charge < -0.3 is 14.2 Å². The second kappa shape index (κ2) is 30.3. The Kier molecular flexibility index (Phi) is 22.9. The van der Waals surface area contributed by atoms with Crippen molar-refractivity contribution in [2.24, 2.45) is 21.1 Å². The predicted octanol–water partition coefficient (Wildman–Crippen LogP) is 9.48. The number of sulfonamides is 3. The van der Waals surface area contributed by atoms with Gasteiger partial charge in [0.05, 0.1) is 70.0 Å². The van der Waals surface area contributed by atoms with Crippen LogP contribution in [0.2, 0.25) is 0 Å². The van der Waals surface area contributed by atoms with E-state index in [9.17, 15) is 44.0 Å². The monoisotopic (exact) mass is 1350 g/mol. The van der Waals surface area contributed by atoms with Crippen LogP contribution in [-0.4, -0.2) is 129 Å². The molecule has 0 aliphatic carbocycles. The summed E-state index contributed by atoms with van der Waals surface area (Å²) in [5.74, 6) is 0.794. The third-order valence-electron chi connectivity index (χ3n) is 13.5. The van der Waals surface area contributed by atoms with Crippen LogP contribution in [0, 0.1) is 41.5 Å². The van der Waals surface area contributed by atoms with E-state index in [1.54, 1.807) is 98.2 Å². The first-order valence-corrected chi connectivity index (χ1v) is 34.1. The lowest BCUT2D eigenvalue weighted by atomic mass is 10.1. The third kappa shape index (κ3) is 19.8. The molecule has 6 N–H and O–H groups in total. The molecular formula is C60H71FN18O12S3. The Morgan fingerprint density at radius 3 is 1.17 bits per heavy atom. The summed E-state index contributed by atoms with van der Waals surface area (Å²) in [6.45, 7) is 13.4. The van der Waals surface area contributed by atoms with Crippen LogP contribution in [0.1, 0.15) is 82.6 Å². The Morgan fingerprint density at radius 2 is 0.819 bits per heavy atom. The van der Waals surface area contributed by atoms with Crippen LogP contribution in [0.5, 0.6) is 0 Å². The van der Waals surface area contributed by atoms with Gasteiger partial charge in [-0.15, -0.1) is 15.3 Å². The number of halogens is 1. The summed E-state index contributed by atoms with van der Waals surface area (Å²) in [4.78, 5) is 50.6. The van der Waals surface area contributed by atoms with Crippen LogP contribution in [0.15, 0.2) is 109 Å². The first kappa shape index (κ1) is 71.0. The fourth-order valence-corrected chi connectivity index (χ4v) is 10.8. The second-order valence-corrected chi connectivity index (χ2v) is 26.8. The molecule has 0 unspecified atom stereocenters. The molecule has 3 aromatic carbocycles. The SMILES string of the molecule is Cc1cccc([C@@H](C)OC(=O)Nc2c(-c3ccc(NS(C)(=O)=O)c(C)n3)nnn2C)c1.Cc1cccc([C@@H](CF)OC(=O)Nc2c(-c3ccc(NS(C)(=O)=O)c(C)n3)nnn2C)c1.Cc1ccccc1[C@@H](C)OC(=O)Nc1c(-c2ccc(NS(C)(=O)=O)c(C)n2)nnn1C. The van der Waals surface area contributed by atoms with Crippen molar-refractivity contribution in [3.05, 3.63) is 160 Å². The zero-order valence-corrected chi connectivity index (χ0v) is 56.1. The van der Waals surface area contributed by atoms with E-state index >= 15 is 0 Å². The van der Waals surface area contributed by atoms with E-state index in [0.29, 0.717) is 79.8 Å². The van der Waals surface area contributed by atoms with Crippen molar-refractivity contribution in [3.63, 3.8) is 0 Å². The number of hydrogen-bond acceptors (Lipinski definition) is 21. The van der Waals surface area contributed by atoms with Gasteiger partial charge in [-0.3, -0.25) is 30.1 Å². The molecule has 3 amide bonds. The van der Waals surface area contributed by atoms with Crippen molar-refractivity contribution in [2.45, 2.75) is 73.7 Å². The highest BCUT2D eigenvalue weighted by atomic mass is 32.2. The summed E-state index contributed by atoms with van der Waals surface area (Å²) in [6, 6.07) is 31.8. The molecule has 6 heterocycles. The normalized spacial score (nSPS) is 12.3. The zero-order valence-electron chi connectivity index (χ0n) is 53.7. The maximum atomic E-state index is 13.5. The van der Waals surface area contributed by atoms with Gasteiger partial charge in [0, 0.05) is 21.1 Å². The first-order chi connectivity index (χ1) is 44.1. The molecule has 9 aromatic rings. The number of benzene rings is 3. The van der Waals surface area contributed by atoms with Gasteiger partial charge in [-0.05, 0) is 114 Å². The molecule has 0 fully saturated rings. The summed E-state index contributed by atoms with van der Waals surface area (Å²) < 4.78 is 110. The molecule has 9 rings (SSSR count). The van der Waals surface area contributed by atoms with Crippen molar-refractivity contribution in [3.8, 4) is 34.2 Å². The number of nitrogens with one attached hydrogen (secondary N) is 6. The van der Waals surface area contributed by atoms with Crippen LogP contribution in [0.25, 0.3) is 34.2 Å². The Morgan fingerprint density at radius 1 is 0.468 bits per heavy atom. The van der Waals surface area contributed by atoms with Gasteiger partial charge in [0.25, 0.3) is 0 Å². The number of nitrogens with zero attached hydrogens (tertiary/aromatic N) is 12. The molecule has 0 radical (unpaired) electrons. The molecule has 3 atom stereocenters. The van der Waals surface area contributed by atoms with Crippen molar-refractivity contribution in [1.82, 2.24) is 59.9 Å². The summed E-state index contributed by atoms with van der Waals surface area (Å²) >= 11 is 0. The quantitative estimate of drug-likeness (QED) is 0.0410. The fraction of sp³-hybridized carbons (Fsp3) is 0.300. The van der Waals surface area contributed by atoms with Gasteiger partial charge in [0.2, 0.25) is 30.1 Å². The zero-order chi connectivity index (χ0) is 69.0. The maximum Gasteiger partial charge on any atom is 0.413 e. The largest absolute Gasteiger partial charge is 0.441 e. The minimum atomic E-state index is -3.46. The van der Waals surface area contributed by atoms with Crippen LogP contribution in [-0.2, 0) is 65.4 Å². The molecule has 498 valence electrons. The third-order valence-corrected chi connectivity index (χ3v) is 15.3. The molecule has 30 nitrogen and oxygen atoms in total. The highest BCUT2D eigenvalue weighted by Crippen LogP contribution is 2.31. The van der Waals surface area contributed by atoms with Crippen LogP contribution in [0.3, 0.4) is 0 Å². The molecule has 0 aliphatic rings. The molecule has 0 saturated carbocycles. The Hall–Kier alpha value is -10.5. The minimum absolute atomic E-state index is 0.188. The topological polar surface area (TPSA) is 384 Å². The maximum absolute atomic E-state index is 13.5. The number of aryl methyl sites for hydroxylation is 9. The van der Waals surface area contributed by atoms with Gasteiger partial charge in [-0.2, -0.15) is 0 Å². The van der Waals surface area contributed by atoms with Crippen molar-refractivity contribution >= 4 is 82.9 Å². The number of hydrogen-bond donors (Lipinski definition) is 6. The van der Waals surface area contributed by atoms with Gasteiger partial charge in [0.1, 0.15) is 18.9 Å². The molecule has 0 aliphatic heterocycles. The smallest absolute Gasteiger partial charge is 0.413 e. The minimum Gasteiger partial charge on any atom is -0.441 e. The van der Waals surface area contributed by atoms with Crippen molar-refractivity contribution in [2.75, 3.05) is 55.6 Å². The first-order valence-electron chi connectivity index (χ1n) is 28.4. The summed E-state index contributed by atoms with van der Waals surface area (Å²) in [6.07, 6.45) is -1.00. The number of rotatable bonds is 19.